The molecule has 0 aromatic heterocycles. The van der Waals surface area contributed by atoms with E-state index < -0.39 is 11.9 Å². The van der Waals surface area contributed by atoms with Gasteiger partial charge in [-0.1, -0.05) is 15.9 Å². The molecule has 0 saturated heterocycles. The second-order valence-electron chi connectivity index (χ2n) is 2.05. The Balaban J connectivity index is 2.93. The van der Waals surface area contributed by atoms with Gasteiger partial charge in [0, 0.05) is 4.47 Å². The quantitative estimate of drug-likeness (QED) is 0.784. The van der Waals surface area contributed by atoms with E-state index in [0.29, 0.717) is 4.47 Å². The van der Waals surface area contributed by atoms with Gasteiger partial charge in [0.15, 0.2) is 0 Å². The van der Waals surface area contributed by atoms with E-state index in [1.165, 1.54) is 12.1 Å². The molecule has 0 heterocycles. The lowest BCUT2D eigenvalue weighted by Gasteiger charge is -2.01. The first-order chi connectivity index (χ1) is 5.59. The molecule has 64 valence electrons. The number of benzene rings is 1. The SMILES string of the molecule is O=C(O)Nc1ccc(Br)cc1F. The van der Waals surface area contributed by atoms with Crippen molar-refractivity contribution in [2.24, 2.45) is 0 Å². The van der Waals surface area contributed by atoms with E-state index in [4.69, 9.17) is 5.11 Å². The van der Waals surface area contributed by atoms with Crippen molar-refractivity contribution in [2.75, 3.05) is 5.32 Å². The molecule has 0 spiro atoms. The summed E-state index contributed by atoms with van der Waals surface area (Å²) in [4.78, 5) is 10.1. The molecule has 12 heavy (non-hydrogen) atoms. The average Bonchev–Trinajstić information content (AvgIpc) is 1.94. The lowest BCUT2D eigenvalue weighted by molar-refractivity contribution is 0.209. The van der Waals surface area contributed by atoms with Crippen LogP contribution in [0.15, 0.2) is 22.7 Å². The Labute approximate surface area is 76.3 Å². The Hall–Kier alpha value is -1.10. The third kappa shape index (κ3) is 2.20. The Morgan fingerprint density at radius 2 is 2.25 bits per heavy atom. The van der Waals surface area contributed by atoms with Crippen molar-refractivity contribution in [3.05, 3.63) is 28.5 Å². The molecule has 0 saturated carbocycles. The average molecular weight is 234 g/mol. The van der Waals surface area contributed by atoms with Gasteiger partial charge >= 0.3 is 6.09 Å². The van der Waals surface area contributed by atoms with Crippen LogP contribution in [0.25, 0.3) is 0 Å². The second kappa shape index (κ2) is 3.53. The Bertz CT molecular complexity index is 316. The fraction of sp³-hybridized carbons (Fsp3) is 0. The number of hydrogen-bond acceptors (Lipinski definition) is 1. The highest BCUT2D eigenvalue weighted by Gasteiger charge is 2.04. The zero-order valence-corrected chi connectivity index (χ0v) is 7.43. The van der Waals surface area contributed by atoms with E-state index in [2.05, 4.69) is 15.9 Å². The number of nitrogens with one attached hydrogen (secondary N) is 1. The van der Waals surface area contributed by atoms with Crippen molar-refractivity contribution in [1.29, 1.82) is 0 Å². The van der Waals surface area contributed by atoms with E-state index in [-0.39, 0.29) is 5.69 Å². The fourth-order valence-electron chi connectivity index (χ4n) is 0.706. The summed E-state index contributed by atoms with van der Waals surface area (Å²) in [7, 11) is 0. The number of carbonyl (C=O) groups is 1. The molecule has 0 radical (unpaired) electrons. The highest BCUT2D eigenvalue weighted by atomic mass is 79.9. The number of rotatable bonds is 1. The minimum atomic E-state index is -1.28. The third-order valence-corrected chi connectivity index (χ3v) is 1.67. The van der Waals surface area contributed by atoms with Crippen LogP contribution in [0.1, 0.15) is 0 Å². The zero-order chi connectivity index (χ0) is 9.14. The molecule has 0 aliphatic carbocycles. The lowest BCUT2D eigenvalue weighted by atomic mass is 10.3. The molecular weight excluding hydrogens is 229 g/mol. The van der Waals surface area contributed by atoms with Crippen LogP contribution in [0.5, 0.6) is 0 Å². The zero-order valence-electron chi connectivity index (χ0n) is 5.84. The van der Waals surface area contributed by atoms with Crippen molar-refractivity contribution >= 4 is 27.7 Å². The largest absolute Gasteiger partial charge is 0.465 e. The van der Waals surface area contributed by atoms with Gasteiger partial charge in [-0.05, 0) is 18.2 Å². The minimum absolute atomic E-state index is 0.0503. The molecule has 1 aromatic rings. The third-order valence-electron chi connectivity index (χ3n) is 1.17. The van der Waals surface area contributed by atoms with Crippen molar-refractivity contribution in [2.45, 2.75) is 0 Å². The van der Waals surface area contributed by atoms with Crippen LogP contribution >= 0.6 is 15.9 Å². The van der Waals surface area contributed by atoms with Gasteiger partial charge in [0.1, 0.15) is 5.82 Å². The van der Waals surface area contributed by atoms with Crippen molar-refractivity contribution in [1.82, 2.24) is 0 Å². The van der Waals surface area contributed by atoms with E-state index in [1.54, 1.807) is 6.07 Å². The van der Waals surface area contributed by atoms with Gasteiger partial charge in [-0.15, -0.1) is 0 Å². The maximum Gasteiger partial charge on any atom is 0.409 e. The molecule has 0 bridgehead atoms. The topological polar surface area (TPSA) is 49.3 Å². The summed E-state index contributed by atoms with van der Waals surface area (Å²) in [5.41, 5.74) is -0.0503. The van der Waals surface area contributed by atoms with Crippen molar-refractivity contribution in [3.63, 3.8) is 0 Å². The molecule has 0 atom stereocenters. The summed E-state index contributed by atoms with van der Waals surface area (Å²) < 4.78 is 13.4. The van der Waals surface area contributed by atoms with Crippen LogP contribution in [0, 0.1) is 5.82 Å². The van der Waals surface area contributed by atoms with Gasteiger partial charge in [0.25, 0.3) is 0 Å². The molecule has 2 N–H and O–H groups in total. The van der Waals surface area contributed by atoms with Crippen LogP contribution in [-0.4, -0.2) is 11.2 Å². The van der Waals surface area contributed by atoms with Crippen LogP contribution in [-0.2, 0) is 0 Å². The maximum atomic E-state index is 12.9. The van der Waals surface area contributed by atoms with Crippen LogP contribution in [0.3, 0.4) is 0 Å². The van der Waals surface area contributed by atoms with Gasteiger partial charge in [-0.2, -0.15) is 0 Å². The first-order valence-electron chi connectivity index (χ1n) is 3.04. The minimum Gasteiger partial charge on any atom is -0.465 e. The number of halogens is 2. The van der Waals surface area contributed by atoms with Gasteiger partial charge in [0.05, 0.1) is 5.69 Å². The van der Waals surface area contributed by atoms with Gasteiger partial charge in [-0.3, -0.25) is 5.32 Å². The first kappa shape index (κ1) is 8.99. The predicted molar refractivity (Wildman–Crippen MR) is 45.7 cm³/mol. The van der Waals surface area contributed by atoms with Gasteiger partial charge in [-0.25, -0.2) is 9.18 Å². The summed E-state index contributed by atoms with van der Waals surface area (Å²) in [6, 6.07) is 4.08. The molecular formula is C7H5BrFNO2. The van der Waals surface area contributed by atoms with Crippen LogP contribution < -0.4 is 5.32 Å². The summed E-state index contributed by atoms with van der Waals surface area (Å²) >= 11 is 3.05. The number of hydrogen-bond donors (Lipinski definition) is 2. The van der Waals surface area contributed by atoms with E-state index in [1.807, 2.05) is 5.32 Å². The predicted octanol–water partition coefficient (Wildman–Crippen LogP) is 2.68. The molecule has 1 rings (SSSR count). The second-order valence-corrected chi connectivity index (χ2v) is 2.97. The normalized spacial score (nSPS) is 9.50. The molecule has 5 heteroatoms. The Morgan fingerprint density at radius 1 is 1.58 bits per heavy atom. The molecule has 0 unspecified atom stereocenters. The monoisotopic (exact) mass is 233 g/mol. The van der Waals surface area contributed by atoms with Crippen LogP contribution in [0.2, 0.25) is 0 Å². The molecule has 0 aliphatic rings. The van der Waals surface area contributed by atoms with E-state index in [9.17, 15) is 9.18 Å². The lowest BCUT2D eigenvalue weighted by Crippen LogP contribution is -2.08. The number of amides is 1. The van der Waals surface area contributed by atoms with E-state index >= 15 is 0 Å². The highest BCUT2D eigenvalue weighted by Crippen LogP contribution is 2.18. The number of anilines is 1. The number of carboxylic acid groups (broad SMARTS) is 1. The Kier molecular flexibility index (Phi) is 2.65. The molecule has 0 aliphatic heterocycles. The summed E-state index contributed by atoms with van der Waals surface area (Å²) in [6.07, 6.45) is -1.28. The van der Waals surface area contributed by atoms with Gasteiger partial charge in [0.2, 0.25) is 0 Å². The highest BCUT2D eigenvalue weighted by molar-refractivity contribution is 9.10. The smallest absolute Gasteiger partial charge is 0.409 e. The first-order valence-corrected chi connectivity index (χ1v) is 3.84. The molecule has 3 nitrogen and oxygen atoms in total. The van der Waals surface area contributed by atoms with Gasteiger partial charge < -0.3 is 5.11 Å². The maximum absolute atomic E-state index is 12.9. The standard InChI is InChI=1S/C7H5BrFNO2/c8-4-1-2-6(5(9)3-4)10-7(11)12/h1-3,10H,(H,11,12). The van der Waals surface area contributed by atoms with Crippen molar-refractivity contribution in [3.8, 4) is 0 Å². The summed E-state index contributed by atoms with van der Waals surface area (Å²) in [5.74, 6) is -0.605. The fourth-order valence-corrected chi connectivity index (χ4v) is 1.04. The summed E-state index contributed by atoms with van der Waals surface area (Å²) in [5, 5.41) is 10.2. The van der Waals surface area contributed by atoms with Crippen LogP contribution in [0.4, 0.5) is 14.9 Å². The Morgan fingerprint density at radius 3 is 2.75 bits per heavy atom. The summed E-state index contributed by atoms with van der Waals surface area (Å²) in [6.45, 7) is 0. The molecule has 1 aromatic carbocycles. The van der Waals surface area contributed by atoms with E-state index in [0.717, 1.165) is 0 Å². The van der Waals surface area contributed by atoms with Crippen molar-refractivity contribution < 1.29 is 14.3 Å². The molecule has 1 amide bonds. The molecule has 0 fully saturated rings.